The lowest BCUT2D eigenvalue weighted by Crippen LogP contribution is -2.35. The molecule has 0 aliphatic carbocycles. The van der Waals surface area contributed by atoms with E-state index in [1.165, 1.54) is 6.08 Å². The molecule has 1 aliphatic heterocycles. The van der Waals surface area contributed by atoms with Crippen LogP contribution in [0.2, 0.25) is 0 Å². The van der Waals surface area contributed by atoms with Gasteiger partial charge in [-0.1, -0.05) is 38.8 Å². The molecular formula is C21H28F3NO5. The summed E-state index contributed by atoms with van der Waals surface area (Å²) in [6.07, 6.45) is 0.537. The number of alkyl halides is 3. The van der Waals surface area contributed by atoms with Crippen LogP contribution in [0.4, 0.5) is 13.2 Å². The van der Waals surface area contributed by atoms with Gasteiger partial charge in [-0.2, -0.15) is 13.2 Å². The predicted molar refractivity (Wildman–Crippen MR) is 102 cm³/mol. The van der Waals surface area contributed by atoms with Crippen molar-refractivity contribution in [2.24, 2.45) is 5.41 Å². The second kappa shape index (κ2) is 9.68. The molecule has 1 amide bonds. The second-order valence-electron chi connectivity index (χ2n) is 8.24. The quantitative estimate of drug-likeness (QED) is 0.419. The van der Waals surface area contributed by atoms with Crippen molar-refractivity contribution in [3.8, 4) is 0 Å². The van der Waals surface area contributed by atoms with E-state index >= 15 is 0 Å². The SMILES string of the molecule is CC1(C)CC(C=CC(O)c2ccc(C(F)(F)F)o2)N(CCCCCCC(=O)O)C1=O. The van der Waals surface area contributed by atoms with E-state index in [-0.39, 0.29) is 24.1 Å². The van der Waals surface area contributed by atoms with Crippen molar-refractivity contribution in [1.82, 2.24) is 4.90 Å². The molecule has 0 aromatic carbocycles. The number of aliphatic carboxylic acids is 1. The van der Waals surface area contributed by atoms with Crippen molar-refractivity contribution < 1.29 is 37.4 Å². The molecule has 2 atom stereocenters. The standard InChI is InChI=1S/C21H28F3NO5/c1-20(2)13-14(25(19(20)29)12-6-4-3-5-7-18(27)28)8-9-15(26)16-10-11-17(30-16)21(22,23)24/h8-11,14-15,26H,3-7,12-13H2,1-2H3,(H,27,28). The number of carboxylic acid groups (broad SMARTS) is 1. The molecule has 1 saturated heterocycles. The van der Waals surface area contributed by atoms with Crippen LogP contribution in [-0.4, -0.2) is 39.6 Å². The van der Waals surface area contributed by atoms with Crippen molar-refractivity contribution >= 4 is 11.9 Å². The van der Waals surface area contributed by atoms with Gasteiger partial charge in [0, 0.05) is 18.4 Å². The van der Waals surface area contributed by atoms with Gasteiger partial charge in [-0.25, -0.2) is 0 Å². The maximum atomic E-state index is 12.7. The van der Waals surface area contributed by atoms with Crippen LogP contribution in [0.25, 0.3) is 0 Å². The molecule has 1 aliphatic rings. The fraction of sp³-hybridized carbons (Fsp3) is 0.619. The van der Waals surface area contributed by atoms with Crippen LogP contribution in [0.3, 0.4) is 0 Å². The van der Waals surface area contributed by atoms with E-state index < -0.39 is 29.4 Å². The van der Waals surface area contributed by atoms with Crippen molar-refractivity contribution in [2.75, 3.05) is 6.54 Å². The Balaban J connectivity index is 1.96. The zero-order valence-electron chi connectivity index (χ0n) is 17.1. The summed E-state index contributed by atoms with van der Waals surface area (Å²) in [6.45, 7) is 4.17. The van der Waals surface area contributed by atoms with E-state index in [2.05, 4.69) is 4.42 Å². The molecule has 6 nitrogen and oxygen atoms in total. The summed E-state index contributed by atoms with van der Waals surface area (Å²) in [5.41, 5.74) is -0.572. The van der Waals surface area contributed by atoms with Crippen LogP contribution in [0, 0.1) is 5.41 Å². The van der Waals surface area contributed by atoms with Gasteiger partial charge in [-0.15, -0.1) is 0 Å². The number of hydrogen-bond acceptors (Lipinski definition) is 4. The normalized spacial score (nSPS) is 20.3. The minimum Gasteiger partial charge on any atom is -0.481 e. The molecule has 2 rings (SSSR count). The molecule has 0 spiro atoms. The Morgan fingerprint density at radius 3 is 2.57 bits per heavy atom. The van der Waals surface area contributed by atoms with Crippen LogP contribution < -0.4 is 0 Å². The number of likely N-dealkylation sites (tertiary alicyclic amines) is 1. The van der Waals surface area contributed by atoms with Crippen LogP contribution in [0.5, 0.6) is 0 Å². The number of carbonyl (C=O) groups excluding carboxylic acids is 1. The largest absolute Gasteiger partial charge is 0.481 e. The fourth-order valence-electron chi connectivity index (χ4n) is 3.60. The lowest BCUT2D eigenvalue weighted by atomic mass is 9.90. The number of aliphatic hydroxyl groups excluding tert-OH is 1. The Bertz CT molecular complexity index is 769. The summed E-state index contributed by atoms with van der Waals surface area (Å²) in [4.78, 5) is 24.9. The van der Waals surface area contributed by atoms with E-state index in [9.17, 15) is 27.9 Å². The number of nitrogens with zero attached hydrogens (tertiary/aromatic N) is 1. The average Bonchev–Trinajstić information content (AvgIpc) is 3.21. The molecule has 1 aromatic heterocycles. The Morgan fingerprint density at radius 1 is 1.30 bits per heavy atom. The fourth-order valence-corrected chi connectivity index (χ4v) is 3.60. The smallest absolute Gasteiger partial charge is 0.449 e. The number of hydrogen-bond donors (Lipinski definition) is 2. The van der Waals surface area contributed by atoms with Crippen molar-refractivity contribution in [1.29, 1.82) is 0 Å². The molecule has 2 unspecified atom stereocenters. The zero-order valence-corrected chi connectivity index (χ0v) is 17.1. The van der Waals surface area contributed by atoms with Crippen molar-refractivity contribution in [3.63, 3.8) is 0 Å². The Hall–Kier alpha value is -2.29. The summed E-state index contributed by atoms with van der Waals surface area (Å²) in [5, 5.41) is 18.8. The van der Waals surface area contributed by atoms with Gasteiger partial charge in [-0.3, -0.25) is 9.59 Å². The summed E-state index contributed by atoms with van der Waals surface area (Å²) in [5.74, 6) is -2.23. The van der Waals surface area contributed by atoms with Gasteiger partial charge in [0.05, 0.1) is 6.04 Å². The molecule has 1 aromatic rings. The van der Waals surface area contributed by atoms with E-state index in [0.717, 1.165) is 31.4 Å². The number of unbranched alkanes of at least 4 members (excludes halogenated alkanes) is 3. The van der Waals surface area contributed by atoms with Gasteiger partial charge in [0.25, 0.3) is 0 Å². The highest BCUT2D eigenvalue weighted by atomic mass is 19.4. The molecule has 0 bridgehead atoms. The second-order valence-corrected chi connectivity index (χ2v) is 8.24. The highest BCUT2D eigenvalue weighted by Gasteiger charge is 2.43. The maximum Gasteiger partial charge on any atom is 0.449 e. The Kier molecular flexibility index (Phi) is 7.74. The summed E-state index contributed by atoms with van der Waals surface area (Å²) < 4.78 is 42.6. The molecule has 9 heteroatoms. The molecule has 0 radical (unpaired) electrons. The van der Waals surface area contributed by atoms with Gasteiger partial charge in [0.1, 0.15) is 11.9 Å². The molecule has 0 saturated carbocycles. The van der Waals surface area contributed by atoms with Crippen LogP contribution in [-0.2, 0) is 15.8 Å². The van der Waals surface area contributed by atoms with E-state index in [1.54, 1.807) is 11.0 Å². The maximum absolute atomic E-state index is 12.7. The number of amides is 1. The first kappa shape index (κ1) is 24.0. The van der Waals surface area contributed by atoms with E-state index in [0.29, 0.717) is 19.4 Å². The lowest BCUT2D eigenvalue weighted by molar-refractivity contribution is -0.153. The Labute approximate surface area is 173 Å². The first-order chi connectivity index (χ1) is 13.9. The highest BCUT2D eigenvalue weighted by molar-refractivity contribution is 5.85. The van der Waals surface area contributed by atoms with Gasteiger partial charge >= 0.3 is 12.1 Å². The van der Waals surface area contributed by atoms with Crippen LogP contribution in [0.1, 0.15) is 70.0 Å². The van der Waals surface area contributed by atoms with Gasteiger partial charge in [-0.05, 0) is 31.4 Å². The highest BCUT2D eigenvalue weighted by Crippen LogP contribution is 2.37. The van der Waals surface area contributed by atoms with Crippen molar-refractivity contribution in [2.45, 2.75) is 70.7 Å². The first-order valence-electron chi connectivity index (χ1n) is 9.98. The van der Waals surface area contributed by atoms with E-state index in [4.69, 9.17) is 5.11 Å². The topological polar surface area (TPSA) is 91.0 Å². The molecule has 1 fully saturated rings. The molecule has 2 N–H and O–H groups in total. The molecule has 2 heterocycles. The molecule has 30 heavy (non-hydrogen) atoms. The summed E-state index contributed by atoms with van der Waals surface area (Å²) >= 11 is 0. The molecule has 168 valence electrons. The van der Waals surface area contributed by atoms with E-state index in [1.807, 2.05) is 13.8 Å². The van der Waals surface area contributed by atoms with Crippen LogP contribution >= 0.6 is 0 Å². The minimum absolute atomic E-state index is 0.0190. The van der Waals surface area contributed by atoms with Gasteiger partial charge < -0.3 is 19.5 Å². The third kappa shape index (κ3) is 6.35. The number of halogens is 3. The van der Waals surface area contributed by atoms with Crippen LogP contribution in [0.15, 0.2) is 28.7 Å². The summed E-state index contributed by atoms with van der Waals surface area (Å²) in [7, 11) is 0. The average molecular weight is 431 g/mol. The number of aliphatic hydroxyl groups is 1. The first-order valence-corrected chi connectivity index (χ1v) is 9.98. The van der Waals surface area contributed by atoms with Crippen molar-refractivity contribution in [3.05, 3.63) is 35.8 Å². The lowest BCUT2D eigenvalue weighted by Gasteiger charge is -2.23. The third-order valence-electron chi connectivity index (χ3n) is 5.21. The number of carbonyl (C=O) groups is 2. The zero-order chi connectivity index (χ0) is 22.5. The van der Waals surface area contributed by atoms with Gasteiger partial charge in [0.15, 0.2) is 0 Å². The molecular weight excluding hydrogens is 403 g/mol. The third-order valence-corrected chi connectivity index (χ3v) is 5.21. The Morgan fingerprint density at radius 2 is 1.97 bits per heavy atom. The number of carboxylic acids is 1. The number of furan rings is 1. The summed E-state index contributed by atoms with van der Waals surface area (Å²) in [6, 6.07) is 1.57. The number of rotatable bonds is 10. The predicted octanol–water partition coefficient (Wildman–Crippen LogP) is 4.55. The monoisotopic (exact) mass is 431 g/mol. The van der Waals surface area contributed by atoms with Gasteiger partial charge in [0.2, 0.25) is 11.7 Å². The minimum atomic E-state index is -4.62.